The molecule has 0 spiro atoms. The molecule has 0 saturated heterocycles. The fraction of sp³-hybridized carbons (Fsp3) is 0.130. The van der Waals surface area contributed by atoms with Crippen LogP contribution in [0, 0.1) is 12.7 Å². The second-order valence-corrected chi connectivity index (χ2v) is 7.57. The normalized spacial score (nSPS) is 11.0. The fourth-order valence-electron chi connectivity index (χ4n) is 2.91. The summed E-state index contributed by atoms with van der Waals surface area (Å²) in [6.07, 6.45) is 0. The number of imidazole rings is 1. The monoisotopic (exact) mass is 406 g/mol. The summed E-state index contributed by atoms with van der Waals surface area (Å²) in [6.45, 7) is 1.89. The van der Waals surface area contributed by atoms with Crippen molar-refractivity contribution in [1.29, 1.82) is 0 Å². The number of ether oxygens (including phenoxy) is 1. The summed E-state index contributed by atoms with van der Waals surface area (Å²) in [6, 6.07) is 21.4. The lowest BCUT2D eigenvalue weighted by atomic mass is 10.2. The van der Waals surface area contributed by atoms with Crippen LogP contribution in [0.5, 0.6) is 5.75 Å². The van der Waals surface area contributed by atoms with Crippen LogP contribution in [0.15, 0.2) is 78.0 Å². The van der Waals surface area contributed by atoms with Crippen LogP contribution in [0.3, 0.4) is 0 Å². The van der Waals surface area contributed by atoms with E-state index in [0.717, 1.165) is 16.6 Å². The minimum absolute atomic E-state index is 0.163. The molecule has 0 amide bonds. The molecule has 0 aliphatic rings. The zero-order chi connectivity index (χ0) is 20.2. The minimum atomic E-state index is -0.348. The molecule has 0 saturated carbocycles. The van der Waals surface area contributed by atoms with Crippen LogP contribution >= 0.6 is 11.8 Å². The number of halogens is 1. The molecule has 29 heavy (non-hydrogen) atoms. The molecule has 1 heterocycles. The molecular weight excluding hydrogens is 387 g/mol. The summed E-state index contributed by atoms with van der Waals surface area (Å²) in [4.78, 5) is 17.6. The summed E-state index contributed by atoms with van der Waals surface area (Å²) in [5, 5.41) is 0.625. The number of thioether (sulfide) groups is 1. The van der Waals surface area contributed by atoms with Crippen molar-refractivity contribution in [1.82, 2.24) is 9.55 Å². The Morgan fingerprint density at radius 2 is 1.76 bits per heavy atom. The van der Waals surface area contributed by atoms with Gasteiger partial charge in [-0.15, -0.1) is 0 Å². The van der Waals surface area contributed by atoms with Crippen molar-refractivity contribution in [2.24, 2.45) is 0 Å². The lowest BCUT2D eigenvalue weighted by Crippen LogP contribution is -2.20. The largest absolute Gasteiger partial charge is 0.484 e. The molecule has 4 nitrogen and oxygen atoms in total. The fourth-order valence-corrected chi connectivity index (χ4v) is 3.89. The average Bonchev–Trinajstić information content (AvgIpc) is 3.11. The molecule has 146 valence electrons. The van der Waals surface area contributed by atoms with Crippen molar-refractivity contribution in [2.45, 2.75) is 17.8 Å². The predicted octanol–water partition coefficient (Wildman–Crippen LogP) is 5.50. The van der Waals surface area contributed by atoms with Crippen LogP contribution in [0.4, 0.5) is 4.39 Å². The van der Waals surface area contributed by atoms with Crippen LogP contribution in [0.2, 0.25) is 0 Å². The zero-order valence-electron chi connectivity index (χ0n) is 15.8. The highest BCUT2D eigenvalue weighted by Gasteiger charge is 2.18. The molecule has 0 N–H and O–H groups in total. The zero-order valence-corrected chi connectivity index (χ0v) is 16.7. The molecule has 0 unspecified atom stereocenters. The number of carbonyl (C=O) groups excluding carboxylic acids is 1. The van der Waals surface area contributed by atoms with Crippen LogP contribution in [-0.4, -0.2) is 22.1 Å². The Kier molecular flexibility index (Phi) is 5.62. The van der Waals surface area contributed by atoms with Gasteiger partial charge in [0.2, 0.25) is 0 Å². The maximum absolute atomic E-state index is 13.0. The Labute approximate surface area is 172 Å². The number of hydrogen-bond donors (Lipinski definition) is 0. The van der Waals surface area contributed by atoms with Gasteiger partial charge >= 0.3 is 0 Å². The van der Waals surface area contributed by atoms with E-state index < -0.39 is 0 Å². The molecule has 0 radical (unpaired) electrons. The number of aromatic nitrogens is 2. The molecule has 4 aromatic rings. The van der Waals surface area contributed by atoms with E-state index in [1.165, 1.54) is 41.6 Å². The van der Waals surface area contributed by atoms with Gasteiger partial charge in [0, 0.05) is 5.75 Å². The summed E-state index contributed by atoms with van der Waals surface area (Å²) in [5.74, 6) is 0.571. The topological polar surface area (TPSA) is 44.1 Å². The minimum Gasteiger partial charge on any atom is -0.484 e. The van der Waals surface area contributed by atoms with E-state index in [2.05, 4.69) is 36.2 Å². The molecule has 4 rings (SSSR count). The highest BCUT2D eigenvalue weighted by molar-refractivity contribution is 7.98. The SMILES string of the molecule is Cc1ccc(CSc2nc3ccccc3n2C(=O)COc2ccc(F)cc2)cc1. The molecule has 1 aromatic heterocycles. The van der Waals surface area contributed by atoms with Gasteiger partial charge in [0.15, 0.2) is 11.8 Å². The maximum atomic E-state index is 13.0. The number of aryl methyl sites for hydroxylation is 1. The lowest BCUT2D eigenvalue weighted by Gasteiger charge is -2.09. The number of nitrogens with zero attached hydrogens (tertiary/aromatic N) is 2. The number of benzene rings is 3. The summed E-state index contributed by atoms with van der Waals surface area (Å²) in [7, 11) is 0. The number of carbonyl (C=O) groups is 1. The van der Waals surface area contributed by atoms with Gasteiger partial charge in [-0.3, -0.25) is 9.36 Å². The van der Waals surface area contributed by atoms with E-state index in [-0.39, 0.29) is 18.3 Å². The summed E-state index contributed by atoms with van der Waals surface area (Å²) in [5.41, 5.74) is 3.87. The van der Waals surface area contributed by atoms with Crippen molar-refractivity contribution in [3.05, 3.63) is 89.7 Å². The van der Waals surface area contributed by atoms with Crippen LogP contribution in [0.25, 0.3) is 11.0 Å². The van der Waals surface area contributed by atoms with Gasteiger partial charge in [0.25, 0.3) is 5.91 Å². The summed E-state index contributed by atoms with van der Waals surface area (Å²) >= 11 is 1.51. The second kappa shape index (κ2) is 8.49. The van der Waals surface area contributed by atoms with E-state index >= 15 is 0 Å². The molecule has 0 fully saturated rings. The molecular formula is C23H19FN2O2S. The molecule has 0 bridgehead atoms. The van der Waals surface area contributed by atoms with Crippen molar-refractivity contribution >= 4 is 28.7 Å². The quantitative estimate of drug-likeness (QED) is 0.397. The highest BCUT2D eigenvalue weighted by atomic mass is 32.2. The molecule has 3 aromatic carbocycles. The van der Waals surface area contributed by atoms with E-state index in [0.29, 0.717) is 16.7 Å². The van der Waals surface area contributed by atoms with Crippen molar-refractivity contribution < 1.29 is 13.9 Å². The van der Waals surface area contributed by atoms with E-state index in [1.807, 2.05) is 24.3 Å². The van der Waals surface area contributed by atoms with Crippen LogP contribution in [-0.2, 0) is 5.75 Å². The van der Waals surface area contributed by atoms with Crippen LogP contribution in [0.1, 0.15) is 15.9 Å². The first kappa shape index (κ1) is 19.2. The van der Waals surface area contributed by atoms with Gasteiger partial charge in [-0.25, -0.2) is 9.37 Å². The van der Waals surface area contributed by atoms with Crippen molar-refractivity contribution in [3.63, 3.8) is 0 Å². The third-order valence-corrected chi connectivity index (χ3v) is 5.45. The van der Waals surface area contributed by atoms with Gasteiger partial charge in [-0.05, 0) is 48.9 Å². The van der Waals surface area contributed by atoms with Gasteiger partial charge < -0.3 is 4.74 Å². The first-order chi connectivity index (χ1) is 14.1. The van der Waals surface area contributed by atoms with Gasteiger partial charge in [-0.2, -0.15) is 0 Å². The highest BCUT2D eigenvalue weighted by Crippen LogP contribution is 2.27. The van der Waals surface area contributed by atoms with Gasteiger partial charge in [-0.1, -0.05) is 53.7 Å². The third-order valence-electron chi connectivity index (χ3n) is 4.44. The second-order valence-electron chi connectivity index (χ2n) is 6.63. The van der Waals surface area contributed by atoms with Crippen molar-refractivity contribution in [2.75, 3.05) is 6.61 Å². The Morgan fingerprint density at radius 1 is 1.03 bits per heavy atom. The smallest absolute Gasteiger partial charge is 0.271 e. The molecule has 0 atom stereocenters. The Balaban J connectivity index is 1.56. The van der Waals surface area contributed by atoms with Crippen molar-refractivity contribution in [3.8, 4) is 5.75 Å². The number of fused-ring (bicyclic) bond motifs is 1. The number of rotatable bonds is 6. The summed E-state index contributed by atoms with van der Waals surface area (Å²) < 4.78 is 20.2. The van der Waals surface area contributed by atoms with Gasteiger partial charge in [0.05, 0.1) is 11.0 Å². The van der Waals surface area contributed by atoms with Crippen LogP contribution < -0.4 is 4.74 Å². The maximum Gasteiger partial charge on any atom is 0.271 e. The van der Waals surface area contributed by atoms with E-state index in [9.17, 15) is 9.18 Å². The molecule has 6 heteroatoms. The Hall–Kier alpha value is -3.12. The van der Waals surface area contributed by atoms with E-state index in [1.54, 1.807) is 4.57 Å². The third kappa shape index (κ3) is 4.49. The average molecular weight is 406 g/mol. The predicted molar refractivity (Wildman–Crippen MR) is 113 cm³/mol. The first-order valence-electron chi connectivity index (χ1n) is 9.17. The Morgan fingerprint density at radius 3 is 2.52 bits per heavy atom. The van der Waals surface area contributed by atoms with Gasteiger partial charge in [0.1, 0.15) is 11.6 Å². The number of hydrogen-bond acceptors (Lipinski definition) is 4. The van der Waals surface area contributed by atoms with E-state index in [4.69, 9.17) is 4.74 Å². The number of para-hydroxylation sites is 2. The molecule has 0 aliphatic carbocycles. The molecule has 0 aliphatic heterocycles. The first-order valence-corrected chi connectivity index (χ1v) is 10.2. The Bertz CT molecular complexity index is 1140. The standard InChI is InChI=1S/C23H19FN2O2S/c1-16-6-8-17(9-7-16)15-29-23-25-20-4-2-3-5-21(20)26(23)22(27)14-28-19-12-10-18(24)11-13-19/h2-13H,14-15H2,1H3. The lowest BCUT2D eigenvalue weighted by molar-refractivity contribution is 0.0832.